The van der Waals surface area contributed by atoms with E-state index in [0.717, 1.165) is 0 Å². The molecule has 0 fully saturated rings. The van der Waals surface area contributed by atoms with Crippen LogP contribution >= 0.6 is 0 Å². The first kappa shape index (κ1) is 12.9. The summed E-state index contributed by atoms with van der Waals surface area (Å²) in [5, 5.41) is 19.6. The lowest BCUT2D eigenvalue weighted by Crippen LogP contribution is -2.43. The molecule has 17 heavy (non-hydrogen) atoms. The van der Waals surface area contributed by atoms with Crippen LogP contribution in [0.15, 0.2) is 18.5 Å². The van der Waals surface area contributed by atoms with Crippen LogP contribution in [0.2, 0.25) is 0 Å². The fraction of sp³-hybridized carbons (Fsp3) is 0.300. The number of aliphatic hydroxyl groups excluding tert-OH is 1. The number of aliphatic hydroxyl groups is 1. The van der Waals surface area contributed by atoms with E-state index in [2.05, 4.69) is 10.3 Å². The molecule has 0 unspecified atom stereocenters. The molecule has 7 nitrogen and oxygen atoms in total. The fourth-order valence-electron chi connectivity index (χ4n) is 1.15. The molecule has 0 radical (unpaired) electrons. The highest BCUT2D eigenvalue weighted by Gasteiger charge is 2.21. The van der Waals surface area contributed by atoms with Crippen molar-refractivity contribution in [3.05, 3.63) is 24.0 Å². The Bertz CT molecular complexity index is 421. The van der Waals surface area contributed by atoms with Crippen LogP contribution in [0.4, 0.5) is 0 Å². The summed E-state index contributed by atoms with van der Waals surface area (Å²) in [6.07, 6.45) is 2.72. The minimum atomic E-state index is -1.35. The topological polar surface area (TPSA) is 109 Å². The minimum Gasteiger partial charge on any atom is -0.494 e. The van der Waals surface area contributed by atoms with Gasteiger partial charge in [-0.1, -0.05) is 0 Å². The number of nitrogens with zero attached hydrogens (tertiary/aromatic N) is 1. The molecule has 0 aromatic carbocycles. The molecule has 1 rings (SSSR count). The molecule has 0 spiro atoms. The van der Waals surface area contributed by atoms with E-state index in [0.29, 0.717) is 0 Å². The van der Waals surface area contributed by atoms with E-state index in [9.17, 15) is 9.59 Å². The molecule has 1 atom stereocenters. The Morgan fingerprint density at radius 1 is 1.59 bits per heavy atom. The summed E-state index contributed by atoms with van der Waals surface area (Å²) in [5.74, 6) is -1.73. The maximum Gasteiger partial charge on any atom is 0.328 e. The highest BCUT2D eigenvalue weighted by molar-refractivity contribution is 5.98. The van der Waals surface area contributed by atoms with Crippen molar-refractivity contribution >= 4 is 11.9 Å². The molecule has 3 N–H and O–H groups in total. The van der Waals surface area contributed by atoms with E-state index in [1.54, 1.807) is 0 Å². The molecule has 92 valence electrons. The summed E-state index contributed by atoms with van der Waals surface area (Å²) in [6.45, 7) is -0.686. The smallest absolute Gasteiger partial charge is 0.328 e. The van der Waals surface area contributed by atoms with Crippen LogP contribution in [-0.2, 0) is 4.79 Å². The number of aromatic nitrogens is 1. The predicted molar refractivity (Wildman–Crippen MR) is 56.8 cm³/mol. The second kappa shape index (κ2) is 5.80. The van der Waals surface area contributed by atoms with Crippen LogP contribution in [0.3, 0.4) is 0 Å². The number of methoxy groups -OCH3 is 1. The van der Waals surface area contributed by atoms with Gasteiger partial charge in [0.25, 0.3) is 5.91 Å². The zero-order chi connectivity index (χ0) is 12.8. The third kappa shape index (κ3) is 3.15. The number of ether oxygens (including phenoxy) is 1. The average molecular weight is 240 g/mol. The molecule has 1 aromatic heterocycles. The van der Waals surface area contributed by atoms with Crippen LogP contribution in [0.5, 0.6) is 5.75 Å². The van der Waals surface area contributed by atoms with Crippen LogP contribution in [-0.4, -0.2) is 46.8 Å². The molecule has 0 aliphatic carbocycles. The number of nitrogens with one attached hydrogen (secondary N) is 1. The Kier molecular flexibility index (Phi) is 4.41. The van der Waals surface area contributed by atoms with Gasteiger partial charge in [0.05, 0.1) is 25.5 Å². The van der Waals surface area contributed by atoms with Crippen molar-refractivity contribution in [1.29, 1.82) is 0 Å². The normalized spacial score (nSPS) is 11.6. The third-order valence-electron chi connectivity index (χ3n) is 2.04. The molecule has 1 amide bonds. The summed E-state index contributed by atoms with van der Waals surface area (Å²) in [7, 11) is 1.37. The summed E-state index contributed by atoms with van der Waals surface area (Å²) in [5.41, 5.74) is 0.155. The van der Waals surface area contributed by atoms with Gasteiger partial charge in [-0.3, -0.25) is 9.78 Å². The first-order valence-corrected chi connectivity index (χ1v) is 4.72. The summed E-state index contributed by atoms with van der Waals surface area (Å²) in [4.78, 5) is 26.1. The van der Waals surface area contributed by atoms with Crippen LogP contribution in [0.1, 0.15) is 10.4 Å². The molecule has 0 saturated carbocycles. The Hall–Kier alpha value is -2.15. The summed E-state index contributed by atoms with van der Waals surface area (Å²) < 4.78 is 4.91. The van der Waals surface area contributed by atoms with Gasteiger partial charge in [-0.25, -0.2) is 4.79 Å². The molecule has 0 bridgehead atoms. The van der Waals surface area contributed by atoms with Gasteiger partial charge in [0.15, 0.2) is 6.04 Å². The maximum atomic E-state index is 11.7. The van der Waals surface area contributed by atoms with E-state index >= 15 is 0 Å². The van der Waals surface area contributed by atoms with E-state index in [1.807, 2.05) is 0 Å². The maximum absolute atomic E-state index is 11.7. The van der Waals surface area contributed by atoms with Crippen molar-refractivity contribution in [2.24, 2.45) is 0 Å². The van der Waals surface area contributed by atoms with Gasteiger partial charge in [0, 0.05) is 6.20 Å². The highest BCUT2D eigenvalue weighted by Crippen LogP contribution is 2.15. The number of hydrogen-bond acceptors (Lipinski definition) is 5. The van der Waals surface area contributed by atoms with Gasteiger partial charge in [0.1, 0.15) is 5.75 Å². The number of carboxylic acid groups (broad SMARTS) is 1. The van der Waals surface area contributed by atoms with Gasteiger partial charge < -0.3 is 20.3 Å². The van der Waals surface area contributed by atoms with Gasteiger partial charge in [-0.2, -0.15) is 0 Å². The van der Waals surface area contributed by atoms with Gasteiger partial charge in [-0.05, 0) is 6.07 Å². The van der Waals surface area contributed by atoms with Crippen LogP contribution in [0.25, 0.3) is 0 Å². The number of pyridine rings is 1. The largest absolute Gasteiger partial charge is 0.494 e. The minimum absolute atomic E-state index is 0.155. The summed E-state index contributed by atoms with van der Waals surface area (Å²) >= 11 is 0. The van der Waals surface area contributed by atoms with E-state index in [1.165, 1.54) is 25.6 Å². The fourth-order valence-corrected chi connectivity index (χ4v) is 1.15. The number of rotatable bonds is 5. The van der Waals surface area contributed by atoms with Gasteiger partial charge in [-0.15, -0.1) is 0 Å². The second-order valence-corrected chi connectivity index (χ2v) is 3.12. The van der Waals surface area contributed by atoms with Gasteiger partial charge in [0.2, 0.25) is 0 Å². The molecule has 1 heterocycles. The molecular formula is C10H12N2O5. The molecular weight excluding hydrogens is 228 g/mol. The molecule has 0 aliphatic heterocycles. The average Bonchev–Trinajstić information content (AvgIpc) is 2.35. The third-order valence-corrected chi connectivity index (χ3v) is 2.04. The van der Waals surface area contributed by atoms with E-state index in [4.69, 9.17) is 14.9 Å². The van der Waals surface area contributed by atoms with E-state index < -0.39 is 24.5 Å². The number of amides is 1. The lowest BCUT2D eigenvalue weighted by atomic mass is 10.2. The molecule has 0 saturated heterocycles. The monoisotopic (exact) mass is 240 g/mol. The number of aliphatic carboxylic acids is 1. The van der Waals surface area contributed by atoms with Crippen molar-refractivity contribution in [3.63, 3.8) is 0 Å². The van der Waals surface area contributed by atoms with E-state index in [-0.39, 0.29) is 11.3 Å². The lowest BCUT2D eigenvalue weighted by molar-refractivity contribution is -0.140. The molecule has 1 aromatic rings. The Morgan fingerprint density at radius 2 is 2.29 bits per heavy atom. The highest BCUT2D eigenvalue weighted by atomic mass is 16.5. The van der Waals surface area contributed by atoms with Crippen molar-refractivity contribution in [2.75, 3.05) is 13.7 Å². The number of carbonyl (C=O) groups is 2. The van der Waals surface area contributed by atoms with Crippen LogP contribution in [0, 0.1) is 0 Å². The van der Waals surface area contributed by atoms with Crippen molar-refractivity contribution in [3.8, 4) is 5.75 Å². The second-order valence-electron chi connectivity index (χ2n) is 3.12. The standard InChI is InChI=1S/C10H12N2O5/c1-17-8-4-11-3-2-6(8)9(14)12-7(5-13)10(15)16/h2-4,7,13H,5H2,1H3,(H,12,14)(H,15,16)/t7-/m0/s1. The Balaban J connectivity index is 2.86. The quantitative estimate of drug-likeness (QED) is 0.625. The zero-order valence-electron chi connectivity index (χ0n) is 9.08. The Morgan fingerprint density at radius 3 is 2.82 bits per heavy atom. The molecule has 7 heteroatoms. The summed E-state index contributed by atoms with van der Waals surface area (Å²) in [6, 6.07) is 0.0464. The van der Waals surface area contributed by atoms with Crippen molar-refractivity contribution in [1.82, 2.24) is 10.3 Å². The first-order chi connectivity index (χ1) is 8.10. The number of hydrogen-bond donors (Lipinski definition) is 3. The number of carboxylic acids is 1. The lowest BCUT2D eigenvalue weighted by Gasteiger charge is -2.12. The SMILES string of the molecule is COc1cnccc1C(=O)N[C@@H](CO)C(=O)O. The number of carbonyl (C=O) groups excluding carboxylic acids is 1. The zero-order valence-corrected chi connectivity index (χ0v) is 9.08. The van der Waals surface area contributed by atoms with Crippen LogP contribution < -0.4 is 10.1 Å². The Labute approximate surface area is 97.1 Å². The van der Waals surface area contributed by atoms with Crippen molar-refractivity contribution in [2.45, 2.75) is 6.04 Å². The van der Waals surface area contributed by atoms with Crippen molar-refractivity contribution < 1.29 is 24.5 Å². The van der Waals surface area contributed by atoms with Gasteiger partial charge >= 0.3 is 5.97 Å². The predicted octanol–water partition coefficient (Wildman–Crippen LogP) is -0.735. The molecule has 0 aliphatic rings. The first-order valence-electron chi connectivity index (χ1n) is 4.72.